The number of ether oxygens (including phenoxy) is 2. The standard InChI is InChI=1S/C19H23NO3/c1-12-6-7-15(10-13(12)2)14(3)20-19(21)16-8-9-17(22-4)18(11-16)23-5/h6-11,14H,1-5H3,(H,20,21)/t14-/m0/s1. The minimum atomic E-state index is -0.142. The lowest BCUT2D eigenvalue weighted by molar-refractivity contribution is 0.0939. The molecule has 0 aliphatic rings. The summed E-state index contributed by atoms with van der Waals surface area (Å²) in [6.45, 7) is 6.12. The minimum absolute atomic E-state index is 0.0742. The van der Waals surface area contributed by atoms with Crippen molar-refractivity contribution in [3.8, 4) is 11.5 Å². The number of methoxy groups -OCH3 is 2. The quantitative estimate of drug-likeness (QED) is 0.913. The molecule has 4 nitrogen and oxygen atoms in total. The van der Waals surface area contributed by atoms with Gasteiger partial charge in [0.2, 0.25) is 0 Å². The summed E-state index contributed by atoms with van der Waals surface area (Å²) in [5.74, 6) is 1.00. The summed E-state index contributed by atoms with van der Waals surface area (Å²) in [6, 6.07) is 11.3. The van der Waals surface area contributed by atoms with E-state index in [9.17, 15) is 4.79 Å². The average Bonchev–Trinajstić information content (AvgIpc) is 2.56. The van der Waals surface area contributed by atoms with Crippen molar-refractivity contribution in [3.63, 3.8) is 0 Å². The van der Waals surface area contributed by atoms with E-state index in [1.165, 1.54) is 11.1 Å². The summed E-state index contributed by atoms with van der Waals surface area (Å²) in [5.41, 5.74) is 4.09. The molecule has 0 bridgehead atoms. The SMILES string of the molecule is COc1ccc(C(=O)N[C@@H](C)c2ccc(C)c(C)c2)cc1OC. The number of hydrogen-bond acceptors (Lipinski definition) is 3. The molecule has 2 aromatic rings. The minimum Gasteiger partial charge on any atom is -0.493 e. The van der Waals surface area contributed by atoms with Gasteiger partial charge in [0.15, 0.2) is 11.5 Å². The first-order valence-electron chi connectivity index (χ1n) is 7.56. The molecule has 0 aromatic heterocycles. The van der Waals surface area contributed by atoms with Gasteiger partial charge in [0.1, 0.15) is 0 Å². The Morgan fingerprint density at radius 3 is 2.26 bits per heavy atom. The molecule has 0 saturated heterocycles. The first-order valence-corrected chi connectivity index (χ1v) is 7.56. The number of rotatable bonds is 5. The van der Waals surface area contributed by atoms with Crippen LogP contribution in [-0.2, 0) is 0 Å². The molecule has 2 aromatic carbocycles. The second-order valence-corrected chi connectivity index (χ2v) is 5.61. The van der Waals surface area contributed by atoms with Crippen molar-refractivity contribution in [3.05, 3.63) is 58.7 Å². The third-order valence-electron chi connectivity index (χ3n) is 4.02. The van der Waals surface area contributed by atoms with Crippen molar-refractivity contribution < 1.29 is 14.3 Å². The molecule has 0 spiro atoms. The number of hydrogen-bond donors (Lipinski definition) is 1. The fourth-order valence-electron chi connectivity index (χ4n) is 2.37. The van der Waals surface area contributed by atoms with Crippen molar-refractivity contribution in [2.75, 3.05) is 14.2 Å². The van der Waals surface area contributed by atoms with Gasteiger partial charge in [0.25, 0.3) is 5.91 Å². The Bertz CT molecular complexity index is 710. The van der Waals surface area contributed by atoms with Crippen LogP contribution in [0.4, 0.5) is 0 Å². The smallest absolute Gasteiger partial charge is 0.251 e. The summed E-state index contributed by atoms with van der Waals surface area (Å²) < 4.78 is 10.4. The van der Waals surface area contributed by atoms with Crippen LogP contribution in [0, 0.1) is 13.8 Å². The summed E-state index contributed by atoms with van der Waals surface area (Å²) in [6.07, 6.45) is 0. The Kier molecular flexibility index (Phi) is 5.27. The van der Waals surface area contributed by atoms with Gasteiger partial charge in [-0.3, -0.25) is 4.79 Å². The molecular formula is C19H23NO3. The topological polar surface area (TPSA) is 47.6 Å². The second kappa shape index (κ2) is 7.18. The predicted molar refractivity (Wildman–Crippen MR) is 91.3 cm³/mol. The summed E-state index contributed by atoms with van der Waals surface area (Å²) in [5, 5.41) is 3.01. The molecule has 122 valence electrons. The molecule has 0 aliphatic carbocycles. The summed E-state index contributed by atoms with van der Waals surface area (Å²) in [4.78, 5) is 12.4. The van der Waals surface area contributed by atoms with E-state index < -0.39 is 0 Å². The maximum Gasteiger partial charge on any atom is 0.251 e. The van der Waals surface area contributed by atoms with Crippen LogP contribution >= 0.6 is 0 Å². The van der Waals surface area contributed by atoms with Crippen LogP contribution in [0.15, 0.2) is 36.4 Å². The Labute approximate surface area is 137 Å². The molecule has 0 aliphatic heterocycles. The highest BCUT2D eigenvalue weighted by atomic mass is 16.5. The van der Waals surface area contributed by atoms with Crippen LogP contribution in [0.25, 0.3) is 0 Å². The average molecular weight is 313 g/mol. The van der Waals surface area contributed by atoms with Crippen LogP contribution in [-0.4, -0.2) is 20.1 Å². The monoisotopic (exact) mass is 313 g/mol. The van der Waals surface area contributed by atoms with Gasteiger partial charge in [-0.15, -0.1) is 0 Å². The van der Waals surface area contributed by atoms with E-state index in [-0.39, 0.29) is 11.9 Å². The Balaban J connectivity index is 2.16. The molecule has 1 N–H and O–H groups in total. The molecule has 4 heteroatoms. The number of aryl methyl sites for hydroxylation is 2. The third-order valence-corrected chi connectivity index (χ3v) is 4.02. The fourth-order valence-corrected chi connectivity index (χ4v) is 2.37. The predicted octanol–water partition coefficient (Wildman–Crippen LogP) is 3.81. The van der Waals surface area contributed by atoms with Crippen molar-refractivity contribution >= 4 is 5.91 Å². The maximum absolute atomic E-state index is 12.4. The summed E-state index contributed by atoms with van der Waals surface area (Å²) in [7, 11) is 3.12. The highest BCUT2D eigenvalue weighted by Crippen LogP contribution is 2.27. The molecule has 23 heavy (non-hydrogen) atoms. The van der Waals surface area contributed by atoms with Gasteiger partial charge in [-0.05, 0) is 55.7 Å². The fraction of sp³-hybridized carbons (Fsp3) is 0.316. The molecule has 0 radical (unpaired) electrons. The Morgan fingerprint density at radius 1 is 0.957 bits per heavy atom. The zero-order valence-electron chi connectivity index (χ0n) is 14.3. The zero-order chi connectivity index (χ0) is 17.0. The molecule has 2 rings (SSSR count). The van der Waals surface area contributed by atoms with E-state index in [0.717, 1.165) is 5.56 Å². The molecule has 0 saturated carbocycles. The third kappa shape index (κ3) is 3.83. The van der Waals surface area contributed by atoms with Crippen LogP contribution in [0.2, 0.25) is 0 Å². The van der Waals surface area contributed by atoms with E-state index in [0.29, 0.717) is 17.1 Å². The number of amides is 1. The molecule has 0 unspecified atom stereocenters. The number of nitrogens with one attached hydrogen (secondary N) is 1. The highest BCUT2D eigenvalue weighted by molar-refractivity contribution is 5.95. The van der Waals surface area contributed by atoms with Gasteiger partial charge >= 0.3 is 0 Å². The normalized spacial score (nSPS) is 11.7. The number of carbonyl (C=O) groups is 1. The maximum atomic E-state index is 12.4. The van der Waals surface area contributed by atoms with Gasteiger partial charge in [0, 0.05) is 5.56 Å². The van der Waals surface area contributed by atoms with E-state index in [4.69, 9.17) is 9.47 Å². The van der Waals surface area contributed by atoms with E-state index in [1.54, 1.807) is 32.4 Å². The van der Waals surface area contributed by atoms with Gasteiger partial charge in [-0.1, -0.05) is 18.2 Å². The molecule has 0 fully saturated rings. The summed E-state index contributed by atoms with van der Waals surface area (Å²) >= 11 is 0. The lowest BCUT2D eigenvalue weighted by Gasteiger charge is -2.16. The lowest BCUT2D eigenvalue weighted by Crippen LogP contribution is -2.26. The van der Waals surface area contributed by atoms with E-state index in [1.807, 2.05) is 13.0 Å². The van der Waals surface area contributed by atoms with Crippen molar-refractivity contribution in [1.82, 2.24) is 5.32 Å². The van der Waals surface area contributed by atoms with Crippen molar-refractivity contribution in [1.29, 1.82) is 0 Å². The Morgan fingerprint density at radius 2 is 1.65 bits per heavy atom. The van der Waals surface area contributed by atoms with E-state index >= 15 is 0 Å². The lowest BCUT2D eigenvalue weighted by atomic mass is 10.0. The van der Waals surface area contributed by atoms with Crippen molar-refractivity contribution in [2.45, 2.75) is 26.8 Å². The van der Waals surface area contributed by atoms with Crippen LogP contribution in [0.5, 0.6) is 11.5 Å². The first kappa shape index (κ1) is 16.9. The van der Waals surface area contributed by atoms with Gasteiger partial charge in [-0.2, -0.15) is 0 Å². The molecular weight excluding hydrogens is 290 g/mol. The van der Waals surface area contributed by atoms with Gasteiger partial charge in [0.05, 0.1) is 20.3 Å². The van der Waals surface area contributed by atoms with Crippen LogP contribution < -0.4 is 14.8 Å². The molecule has 1 atom stereocenters. The van der Waals surface area contributed by atoms with Gasteiger partial charge in [-0.25, -0.2) is 0 Å². The second-order valence-electron chi connectivity index (χ2n) is 5.61. The van der Waals surface area contributed by atoms with Crippen LogP contribution in [0.1, 0.15) is 40.0 Å². The zero-order valence-corrected chi connectivity index (χ0v) is 14.3. The molecule has 1 amide bonds. The number of benzene rings is 2. The van der Waals surface area contributed by atoms with Crippen molar-refractivity contribution in [2.24, 2.45) is 0 Å². The first-order chi connectivity index (χ1) is 11.0. The highest BCUT2D eigenvalue weighted by Gasteiger charge is 2.14. The number of carbonyl (C=O) groups excluding carboxylic acids is 1. The Hall–Kier alpha value is -2.49. The van der Waals surface area contributed by atoms with Gasteiger partial charge < -0.3 is 14.8 Å². The van der Waals surface area contributed by atoms with E-state index in [2.05, 4.69) is 31.3 Å². The van der Waals surface area contributed by atoms with Crippen LogP contribution in [0.3, 0.4) is 0 Å². The molecule has 0 heterocycles. The largest absolute Gasteiger partial charge is 0.493 e.